The smallest absolute Gasteiger partial charge is 0.227 e. The molecule has 7 heteroatoms. The highest BCUT2D eigenvalue weighted by Gasteiger charge is 2.25. The van der Waals surface area contributed by atoms with Crippen LogP contribution < -0.4 is 9.47 Å². The molecular weight excluding hydrogens is 466 g/mol. The summed E-state index contributed by atoms with van der Waals surface area (Å²) in [6.07, 6.45) is 0.362. The van der Waals surface area contributed by atoms with Crippen molar-refractivity contribution in [3.8, 4) is 34.1 Å². The van der Waals surface area contributed by atoms with E-state index in [0.29, 0.717) is 31.9 Å². The third-order valence-electron chi connectivity index (χ3n) is 5.97. The fraction of sp³-hybridized carbons (Fsp3) is 0.148. The fourth-order valence-electron chi connectivity index (χ4n) is 4.32. The summed E-state index contributed by atoms with van der Waals surface area (Å²) < 4.78 is 12.2. The molecule has 5 nitrogen and oxygen atoms in total. The molecule has 6 rings (SSSR count). The van der Waals surface area contributed by atoms with Gasteiger partial charge in [0.05, 0.1) is 22.8 Å². The maximum atomic E-state index is 13.0. The molecule has 0 saturated carbocycles. The van der Waals surface area contributed by atoms with E-state index in [-0.39, 0.29) is 11.7 Å². The molecule has 0 unspecified atom stereocenters. The van der Waals surface area contributed by atoms with Crippen LogP contribution in [-0.4, -0.2) is 29.1 Å². The van der Waals surface area contributed by atoms with Crippen LogP contribution in [0.3, 0.4) is 0 Å². The Balaban J connectivity index is 1.35. The third kappa shape index (κ3) is 3.91. The maximum Gasteiger partial charge on any atom is 0.227 e. The summed E-state index contributed by atoms with van der Waals surface area (Å²) in [5, 5.41) is 14.8. The van der Waals surface area contributed by atoms with Crippen LogP contribution in [-0.2, 0) is 17.8 Å². The Kier molecular flexibility index (Phi) is 5.43. The van der Waals surface area contributed by atoms with Gasteiger partial charge >= 0.3 is 0 Å². The minimum absolute atomic E-state index is 0.0492. The highest BCUT2D eigenvalue weighted by Crippen LogP contribution is 2.51. The second-order valence-corrected chi connectivity index (χ2v) is 10.1. The maximum absolute atomic E-state index is 13.0. The van der Waals surface area contributed by atoms with Crippen LogP contribution in [0.5, 0.6) is 23.0 Å². The van der Waals surface area contributed by atoms with E-state index in [1.54, 1.807) is 34.1 Å². The summed E-state index contributed by atoms with van der Waals surface area (Å²) in [5.74, 6) is 2.15. The average molecular weight is 488 g/mol. The molecule has 0 saturated heterocycles. The molecule has 0 atom stereocenters. The molecule has 0 bridgehead atoms. The number of rotatable bonds is 3. The molecule has 1 aromatic heterocycles. The second-order valence-electron chi connectivity index (χ2n) is 8.24. The summed E-state index contributed by atoms with van der Waals surface area (Å²) in [4.78, 5) is 16.9. The van der Waals surface area contributed by atoms with Crippen molar-refractivity contribution in [2.45, 2.75) is 22.8 Å². The van der Waals surface area contributed by atoms with E-state index in [1.807, 2.05) is 65.4 Å². The van der Waals surface area contributed by atoms with Crippen molar-refractivity contribution in [1.29, 1.82) is 0 Å². The molecule has 4 aromatic rings. The van der Waals surface area contributed by atoms with Crippen molar-refractivity contribution in [1.82, 2.24) is 4.90 Å². The number of carbonyl (C=O) groups excluding carboxylic acids is 1. The Morgan fingerprint density at radius 2 is 1.91 bits per heavy atom. The molecule has 3 heterocycles. The fourth-order valence-corrected chi connectivity index (χ4v) is 5.98. The van der Waals surface area contributed by atoms with Crippen molar-refractivity contribution in [3.05, 3.63) is 82.6 Å². The molecule has 0 aliphatic carbocycles. The van der Waals surface area contributed by atoms with E-state index in [0.717, 1.165) is 43.5 Å². The highest BCUT2D eigenvalue weighted by molar-refractivity contribution is 7.99. The number of aromatic hydroxyl groups is 1. The van der Waals surface area contributed by atoms with Gasteiger partial charge in [-0.15, -0.1) is 0 Å². The first-order valence-corrected chi connectivity index (χ1v) is 12.8. The van der Waals surface area contributed by atoms with Crippen LogP contribution in [0.2, 0.25) is 0 Å². The minimum atomic E-state index is 0.0492. The Labute approximate surface area is 205 Å². The lowest BCUT2D eigenvalue weighted by Gasteiger charge is -2.23. The number of para-hydroxylation sites is 2. The third-order valence-corrected chi connectivity index (χ3v) is 7.80. The molecule has 2 aliphatic heterocycles. The van der Waals surface area contributed by atoms with Gasteiger partial charge in [-0.2, -0.15) is 11.3 Å². The van der Waals surface area contributed by atoms with E-state index >= 15 is 0 Å². The minimum Gasteiger partial charge on any atom is -0.504 e. The average Bonchev–Trinajstić information content (AvgIpc) is 3.25. The molecule has 170 valence electrons. The number of fused-ring (bicyclic) bond motifs is 3. The predicted octanol–water partition coefficient (Wildman–Crippen LogP) is 6.34. The summed E-state index contributed by atoms with van der Waals surface area (Å²) in [7, 11) is 0. The number of benzene rings is 3. The largest absolute Gasteiger partial charge is 0.504 e. The monoisotopic (exact) mass is 487 g/mol. The number of carbonyl (C=O) groups is 1. The van der Waals surface area contributed by atoms with Crippen LogP contribution in [0, 0.1) is 0 Å². The standard InChI is InChI=1S/C27H21NO4S2/c29-21-14-18(20-4-3-7-24-27(20)32-22-5-1-2-6-23(22)34-24)13-19-15-28(9-10-31-26(19)21)25(30)12-17-8-11-33-16-17/h1-8,11,13-14,16,29H,9-10,12,15H2. The van der Waals surface area contributed by atoms with Gasteiger partial charge in [-0.3, -0.25) is 4.79 Å². The van der Waals surface area contributed by atoms with Gasteiger partial charge in [0.15, 0.2) is 11.5 Å². The quantitative estimate of drug-likeness (QED) is 0.322. The lowest BCUT2D eigenvalue weighted by Crippen LogP contribution is -2.33. The van der Waals surface area contributed by atoms with Crippen molar-refractivity contribution >= 4 is 29.0 Å². The van der Waals surface area contributed by atoms with Crippen LogP contribution in [0.15, 0.2) is 81.2 Å². The first-order chi connectivity index (χ1) is 16.7. The Morgan fingerprint density at radius 3 is 2.79 bits per heavy atom. The van der Waals surface area contributed by atoms with Crippen LogP contribution in [0.1, 0.15) is 11.1 Å². The number of hydrogen-bond acceptors (Lipinski definition) is 6. The molecule has 0 spiro atoms. The number of nitrogens with zero attached hydrogens (tertiary/aromatic N) is 1. The van der Waals surface area contributed by atoms with E-state index in [1.165, 1.54) is 0 Å². The first kappa shape index (κ1) is 21.1. The zero-order chi connectivity index (χ0) is 23.1. The van der Waals surface area contributed by atoms with Crippen molar-refractivity contribution < 1.29 is 19.4 Å². The van der Waals surface area contributed by atoms with Crippen molar-refractivity contribution in [2.75, 3.05) is 13.2 Å². The summed E-state index contributed by atoms with van der Waals surface area (Å²) in [6, 6.07) is 19.7. The number of phenols is 1. The highest BCUT2D eigenvalue weighted by atomic mass is 32.2. The van der Waals surface area contributed by atoms with Crippen molar-refractivity contribution in [3.63, 3.8) is 0 Å². The molecule has 0 radical (unpaired) electrons. The normalized spacial score (nSPS) is 14.2. The number of ether oxygens (including phenoxy) is 2. The van der Waals surface area contributed by atoms with Gasteiger partial charge in [0.25, 0.3) is 0 Å². The first-order valence-electron chi connectivity index (χ1n) is 11.0. The van der Waals surface area contributed by atoms with Gasteiger partial charge in [-0.25, -0.2) is 0 Å². The Hall–Kier alpha value is -3.42. The van der Waals surface area contributed by atoms with Gasteiger partial charge in [-0.1, -0.05) is 36.0 Å². The van der Waals surface area contributed by atoms with E-state index in [4.69, 9.17) is 9.47 Å². The van der Waals surface area contributed by atoms with Crippen LogP contribution >= 0.6 is 23.1 Å². The molecule has 1 N–H and O–H groups in total. The summed E-state index contributed by atoms with van der Waals surface area (Å²) >= 11 is 3.26. The SMILES string of the molecule is O=C(Cc1ccsc1)N1CCOc2c(O)cc(-c3cccc4c3Oc3ccccc3S4)cc2C1. The van der Waals surface area contributed by atoms with Gasteiger partial charge in [0, 0.05) is 17.7 Å². The van der Waals surface area contributed by atoms with Gasteiger partial charge in [0.1, 0.15) is 18.1 Å². The van der Waals surface area contributed by atoms with Gasteiger partial charge in [0.2, 0.25) is 5.91 Å². The summed E-state index contributed by atoms with van der Waals surface area (Å²) in [5.41, 5.74) is 3.51. The second kappa shape index (κ2) is 8.74. The zero-order valence-corrected chi connectivity index (χ0v) is 19.8. The molecule has 3 aromatic carbocycles. The van der Waals surface area contributed by atoms with Gasteiger partial charge in [-0.05, 0) is 58.3 Å². The van der Waals surface area contributed by atoms with E-state index in [2.05, 4.69) is 0 Å². The molecule has 1 amide bonds. The van der Waals surface area contributed by atoms with Crippen LogP contribution in [0.25, 0.3) is 11.1 Å². The molecule has 2 aliphatic rings. The van der Waals surface area contributed by atoms with Crippen LogP contribution in [0.4, 0.5) is 0 Å². The Morgan fingerprint density at radius 1 is 1.03 bits per heavy atom. The topological polar surface area (TPSA) is 59.0 Å². The number of amides is 1. The van der Waals surface area contributed by atoms with Crippen molar-refractivity contribution in [2.24, 2.45) is 0 Å². The molecule has 0 fully saturated rings. The van der Waals surface area contributed by atoms with E-state index in [9.17, 15) is 9.90 Å². The molecular formula is C27H21NO4S2. The number of phenolic OH excluding ortho intramolecular Hbond substituents is 1. The van der Waals surface area contributed by atoms with Gasteiger partial charge < -0.3 is 19.5 Å². The van der Waals surface area contributed by atoms with E-state index < -0.39 is 0 Å². The lowest BCUT2D eigenvalue weighted by molar-refractivity contribution is -0.131. The zero-order valence-electron chi connectivity index (χ0n) is 18.2. The molecule has 34 heavy (non-hydrogen) atoms. The predicted molar refractivity (Wildman–Crippen MR) is 133 cm³/mol. The Bertz CT molecular complexity index is 1380. The summed E-state index contributed by atoms with van der Waals surface area (Å²) in [6.45, 7) is 1.20. The lowest BCUT2D eigenvalue weighted by atomic mass is 10.00. The number of thiophene rings is 1. The number of hydrogen-bond donors (Lipinski definition) is 1.